The summed E-state index contributed by atoms with van der Waals surface area (Å²) in [6.45, 7) is 10.3. The molecule has 1 N–H and O–H groups in total. The Bertz CT molecular complexity index is 308. The number of rotatable bonds is 8. The Labute approximate surface area is 118 Å². The summed E-state index contributed by atoms with van der Waals surface area (Å²) in [6.07, 6.45) is 6.40. The lowest BCUT2D eigenvalue weighted by Crippen LogP contribution is -2.47. The summed E-state index contributed by atoms with van der Waals surface area (Å²) in [5, 5.41) is 13.1. The van der Waals surface area contributed by atoms with Gasteiger partial charge >= 0.3 is 0 Å². The number of hydrogen-bond donors (Lipinski definition) is 1. The molecule has 0 aromatic carbocycles. The maximum atomic E-state index is 9.57. The van der Waals surface area contributed by atoms with E-state index in [0.717, 1.165) is 51.7 Å². The van der Waals surface area contributed by atoms with Crippen LogP contribution in [0.25, 0.3) is 0 Å². The second-order valence-corrected chi connectivity index (χ2v) is 6.35. The maximum absolute atomic E-state index is 9.57. The van der Waals surface area contributed by atoms with Crippen molar-refractivity contribution in [3.8, 4) is 6.07 Å². The van der Waals surface area contributed by atoms with Gasteiger partial charge in [-0.15, -0.1) is 0 Å². The topological polar surface area (TPSA) is 45.0 Å². The summed E-state index contributed by atoms with van der Waals surface area (Å²) in [4.78, 5) is 0. The molecule has 0 spiro atoms. The molecule has 1 aliphatic rings. The SMILES string of the molecule is CCCNC1(C#N)CCCC1CCOC(C)(C)CC. The Kier molecular flexibility index (Phi) is 6.29. The van der Waals surface area contributed by atoms with Crippen LogP contribution in [-0.2, 0) is 4.74 Å². The number of nitriles is 1. The lowest BCUT2D eigenvalue weighted by atomic mass is 9.86. The van der Waals surface area contributed by atoms with Gasteiger partial charge in [-0.1, -0.05) is 20.3 Å². The largest absolute Gasteiger partial charge is 0.376 e. The highest BCUT2D eigenvalue weighted by Gasteiger charge is 2.42. The molecule has 1 aliphatic carbocycles. The normalized spacial score (nSPS) is 27.4. The molecule has 0 radical (unpaired) electrons. The summed E-state index contributed by atoms with van der Waals surface area (Å²) in [5.41, 5.74) is -0.333. The van der Waals surface area contributed by atoms with Crippen molar-refractivity contribution in [2.45, 2.75) is 77.4 Å². The molecule has 1 saturated carbocycles. The highest BCUT2D eigenvalue weighted by atomic mass is 16.5. The van der Waals surface area contributed by atoms with Gasteiger partial charge in [0.25, 0.3) is 0 Å². The molecule has 3 heteroatoms. The lowest BCUT2D eigenvalue weighted by molar-refractivity contribution is -0.0277. The third-order valence-corrected chi connectivity index (χ3v) is 4.52. The Morgan fingerprint density at radius 3 is 2.74 bits per heavy atom. The van der Waals surface area contributed by atoms with Crippen LogP contribution in [0.5, 0.6) is 0 Å². The summed E-state index contributed by atoms with van der Waals surface area (Å²) < 4.78 is 5.95. The van der Waals surface area contributed by atoms with Crippen molar-refractivity contribution in [1.29, 1.82) is 5.26 Å². The first-order chi connectivity index (χ1) is 8.99. The lowest BCUT2D eigenvalue weighted by Gasteiger charge is -2.31. The predicted molar refractivity (Wildman–Crippen MR) is 78.9 cm³/mol. The van der Waals surface area contributed by atoms with Crippen LogP contribution in [0.3, 0.4) is 0 Å². The van der Waals surface area contributed by atoms with E-state index in [1.54, 1.807) is 0 Å². The van der Waals surface area contributed by atoms with Crippen molar-refractivity contribution in [3.63, 3.8) is 0 Å². The molecular formula is C16H30N2O. The Balaban J connectivity index is 2.49. The molecule has 1 rings (SSSR count). The van der Waals surface area contributed by atoms with Crippen molar-refractivity contribution in [2.75, 3.05) is 13.2 Å². The monoisotopic (exact) mass is 266 g/mol. The zero-order valence-corrected chi connectivity index (χ0v) is 13.1. The molecular weight excluding hydrogens is 236 g/mol. The van der Waals surface area contributed by atoms with E-state index in [4.69, 9.17) is 4.74 Å². The minimum absolute atomic E-state index is 0.0369. The first-order valence-electron chi connectivity index (χ1n) is 7.80. The molecule has 3 nitrogen and oxygen atoms in total. The van der Waals surface area contributed by atoms with Crippen LogP contribution in [0.2, 0.25) is 0 Å². The van der Waals surface area contributed by atoms with E-state index in [0.29, 0.717) is 5.92 Å². The van der Waals surface area contributed by atoms with Gasteiger partial charge in [0, 0.05) is 6.61 Å². The maximum Gasteiger partial charge on any atom is 0.109 e. The molecule has 0 aromatic heterocycles. The molecule has 0 saturated heterocycles. The average molecular weight is 266 g/mol. The molecule has 0 aliphatic heterocycles. The van der Waals surface area contributed by atoms with Crippen LogP contribution in [-0.4, -0.2) is 24.3 Å². The molecule has 0 bridgehead atoms. The van der Waals surface area contributed by atoms with E-state index in [-0.39, 0.29) is 11.1 Å². The first-order valence-corrected chi connectivity index (χ1v) is 7.80. The molecule has 2 atom stereocenters. The van der Waals surface area contributed by atoms with Crippen LogP contribution >= 0.6 is 0 Å². The summed E-state index contributed by atoms with van der Waals surface area (Å²) in [5.74, 6) is 0.441. The van der Waals surface area contributed by atoms with Crippen molar-refractivity contribution < 1.29 is 4.74 Å². The third-order valence-electron chi connectivity index (χ3n) is 4.52. The number of nitrogens with zero attached hydrogens (tertiary/aromatic N) is 1. The Hall–Kier alpha value is -0.590. The van der Waals surface area contributed by atoms with E-state index in [1.165, 1.54) is 0 Å². The summed E-state index contributed by atoms with van der Waals surface area (Å²) in [6, 6.07) is 2.56. The second kappa shape index (κ2) is 7.26. The van der Waals surface area contributed by atoms with Gasteiger partial charge in [0.2, 0.25) is 0 Å². The van der Waals surface area contributed by atoms with E-state index >= 15 is 0 Å². The smallest absolute Gasteiger partial charge is 0.109 e. The summed E-state index contributed by atoms with van der Waals surface area (Å²) >= 11 is 0. The van der Waals surface area contributed by atoms with E-state index in [2.05, 4.69) is 39.1 Å². The fourth-order valence-electron chi connectivity index (χ4n) is 2.82. The van der Waals surface area contributed by atoms with Crippen molar-refractivity contribution in [1.82, 2.24) is 5.32 Å². The quantitative estimate of drug-likeness (QED) is 0.729. The van der Waals surface area contributed by atoms with Crippen molar-refractivity contribution in [3.05, 3.63) is 0 Å². The number of ether oxygens (including phenoxy) is 1. The Morgan fingerprint density at radius 2 is 2.16 bits per heavy atom. The minimum Gasteiger partial charge on any atom is -0.376 e. The molecule has 1 fully saturated rings. The van der Waals surface area contributed by atoms with Gasteiger partial charge < -0.3 is 4.74 Å². The molecule has 110 valence electrons. The predicted octanol–water partition coefficient (Wildman–Crippen LogP) is 3.64. The fraction of sp³-hybridized carbons (Fsp3) is 0.938. The highest BCUT2D eigenvalue weighted by molar-refractivity contribution is 5.14. The molecule has 2 unspecified atom stereocenters. The average Bonchev–Trinajstić information content (AvgIpc) is 2.80. The minimum atomic E-state index is -0.296. The van der Waals surface area contributed by atoms with E-state index in [1.807, 2.05) is 0 Å². The number of hydrogen-bond acceptors (Lipinski definition) is 3. The van der Waals surface area contributed by atoms with Crippen LogP contribution in [0, 0.1) is 17.2 Å². The van der Waals surface area contributed by atoms with Gasteiger partial charge in [0.05, 0.1) is 11.7 Å². The summed E-state index contributed by atoms with van der Waals surface area (Å²) in [7, 11) is 0. The molecule has 0 heterocycles. The molecule has 0 amide bonds. The molecule has 19 heavy (non-hydrogen) atoms. The standard InChI is InChI=1S/C16H30N2O/c1-5-11-18-16(13-17)10-7-8-14(16)9-12-19-15(3,4)6-2/h14,18H,5-12H2,1-4H3. The van der Waals surface area contributed by atoms with Crippen LogP contribution in [0.1, 0.15) is 66.2 Å². The van der Waals surface area contributed by atoms with Crippen LogP contribution in [0.15, 0.2) is 0 Å². The first kappa shape index (κ1) is 16.5. The fourth-order valence-corrected chi connectivity index (χ4v) is 2.82. The number of nitrogens with one attached hydrogen (secondary N) is 1. The van der Waals surface area contributed by atoms with Crippen LogP contribution < -0.4 is 5.32 Å². The second-order valence-electron chi connectivity index (χ2n) is 6.35. The molecule has 0 aromatic rings. The van der Waals surface area contributed by atoms with Gasteiger partial charge in [0.1, 0.15) is 5.54 Å². The van der Waals surface area contributed by atoms with E-state index in [9.17, 15) is 5.26 Å². The van der Waals surface area contributed by atoms with Crippen LogP contribution in [0.4, 0.5) is 0 Å². The third kappa shape index (κ3) is 4.47. The van der Waals surface area contributed by atoms with Crippen molar-refractivity contribution >= 4 is 0 Å². The van der Waals surface area contributed by atoms with Crippen molar-refractivity contribution in [2.24, 2.45) is 5.92 Å². The van der Waals surface area contributed by atoms with Gasteiger partial charge in [-0.3, -0.25) is 5.32 Å². The van der Waals surface area contributed by atoms with Gasteiger partial charge in [0.15, 0.2) is 0 Å². The van der Waals surface area contributed by atoms with Gasteiger partial charge in [-0.2, -0.15) is 5.26 Å². The zero-order valence-electron chi connectivity index (χ0n) is 13.1. The highest BCUT2D eigenvalue weighted by Crippen LogP contribution is 2.37. The van der Waals surface area contributed by atoms with Gasteiger partial charge in [-0.05, 0) is 58.4 Å². The van der Waals surface area contributed by atoms with E-state index < -0.39 is 0 Å². The zero-order chi connectivity index (χ0) is 14.4. The van der Waals surface area contributed by atoms with Gasteiger partial charge in [-0.25, -0.2) is 0 Å². The Morgan fingerprint density at radius 1 is 1.42 bits per heavy atom.